The molecule has 26 heavy (non-hydrogen) atoms. The summed E-state index contributed by atoms with van der Waals surface area (Å²) in [6, 6.07) is 13.2. The molecule has 2 aromatic rings. The molecule has 1 aliphatic carbocycles. The van der Waals surface area contributed by atoms with E-state index in [4.69, 9.17) is 11.6 Å². The highest BCUT2D eigenvalue weighted by Crippen LogP contribution is 2.41. The Hall–Kier alpha value is -2.33. The van der Waals surface area contributed by atoms with Crippen molar-refractivity contribution in [1.82, 2.24) is 0 Å². The van der Waals surface area contributed by atoms with Gasteiger partial charge in [0.15, 0.2) is 0 Å². The average Bonchev–Trinajstić information content (AvgIpc) is 3.40. The molecule has 0 spiro atoms. The van der Waals surface area contributed by atoms with Crippen LogP contribution in [-0.2, 0) is 9.59 Å². The van der Waals surface area contributed by atoms with E-state index in [0.29, 0.717) is 23.0 Å². The van der Waals surface area contributed by atoms with E-state index in [1.165, 1.54) is 0 Å². The summed E-state index contributed by atoms with van der Waals surface area (Å²) >= 11 is 6.09. The number of para-hydroxylation sites is 1. The van der Waals surface area contributed by atoms with E-state index >= 15 is 0 Å². The van der Waals surface area contributed by atoms with Crippen molar-refractivity contribution in [3.05, 3.63) is 58.6 Å². The Kier molecular flexibility index (Phi) is 5.33. The van der Waals surface area contributed by atoms with Crippen molar-refractivity contribution < 1.29 is 9.59 Å². The molecule has 4 nitrogen and oxygen atoms in total. The number of rotatable bonds is 5. The van der Waals surface area contributed by atoms with Gasteiger partial charge in [-0.05, 0) is 48.6 Å². The molecular weight excluding hydrogens is 348 g/mol. The zero-order valence-electron chi connectivity index (χ0n) is 15.2. The van der Waals surface area contributed by atoms with Crippen LogP contribution in [0.1, 0.15) is 37.3 Å². The third kappa shape index (κ3) is 3.91. The van der Waals surface area contributed by atoms with Crippen LogP contribution >= 0.6 is 11.6 Å². The summed E-state index contributed by atoms with van der Waals surface area (Å²) in [6.45, 7) is 6.04. The standard InChI is InChI=1S/C21H23ClN2O2/c1-12(2)14-7-4-5-9-19(14)24-21(26)16-11-15(16)20(25)23-18-10-6-8-17(22)13(18)3/h4-10,12,15-16H,11H2,1-3H3,(H,23,25)(H,24,26). The van der Waals surface area contributed by atoms with Gasteiger partial charge in [0.25, 0.3) is 0 Å². The molecule has 0 aliphatic heterocycles. The molecule has 0 bridgehead atoms. The van der Waals surface area contributed by atoms with E-state index in [-0.39, 0.29) is 23.7 Å². The van der Waals surface area contributed by atoms with Crippen molar-refractivity contribution in [2.45, 2.75) is 33.1 Å². The van der Waals surface area contributed by atoms with Gasteiger partial charge in [0.05, 0.1) is 11.8 Å². The summed E-state index contributed by atoms with van der Waals surface area (Å²) in [7, 11) is 0. The number of amides is 2. The van der Waals surface area contributed by atoms with Crippen LogP contribution in [0.5, 0.6) is 0 Å². The monoisotopic (exact) mass is 370 g/mol. The van der Waals surface area contributed by atoms with E-state index in [0.717, 1.165) is 16.8 Å². The molecule has 0 radical (unpaired) electrons. The maximum absolute atomic E-state index is 12.5. The lowest BCUT2D eigenvalue weighted by atomic mass is 10.0. The molecule has 0 aromatic heterocycles. The van der Waals surface area contributed by atoms with E-state index in [2.05, 4.69) is 24.5 Å². The third-order valence-corrected chi connectivity index (χ3v) is 5.24. The number of halogens is 1. The van der Waals surface area contributed by atoms with E-state index in [1.807, 2.05) is 37.3 Å². The molecule has 2 aromatic carbocycles. The first-order valence-electron chi connectivity index (χ1n) is 8.84. The highest BCUT2D eigenvalue weighted by Gasteiger charge is 2.48. The van der Waals surface area contributed by atoms with Crippen LogP contribution in [0.4, 0.5) is 11.4 Å². The molecule has 2 atom stereocenters. The van der Waals surface area contributed by atoms with Gasteiger partial charge in [-0.1, -0.05) is 49.7 Å². The Morgan fingerprint density at radius 3 is 2.19 bits per heavy atom. The molecule has 0 saturated heterocycles. The average molecular weight is 371 g/mol. The lowest BCUT2D eigenvalue weighted by Crippen LogP contribution is -2.21. The normalized spacial score (nSPS) is 18.5. The van der Waals surface area contributed by atoms with Gasteiger partial charge in [0.2, 0.25) is 11.8 Å². The molecule has 136 valence electrons. The number of hydrogen-bond acceptors (Lipinski definition) is 2. The smallest absolute Gasteiger partial charge is 0.228 e. The fraction of sp³-hybridized carbons (Fsp3) is 0.333. The van der Waals surface area contributed by atoms with Crippen molar-refractivity contribution in [1.29, 1.82) is 0 Å². The van der Waals surface area contributed by atoms with E-state index in [1.54, 1.807) is 12.1 Å². The first-order chi connectivity index (χ1) is 12.4. The van der Waals surface area contributed by atoms with Crippen molar-refractivity contribution in [2.75, 3.05) is 10.6 Å². The predicted octanol–water partition coefficient (Wildman–Crippen LogP) is 4.99. The van der Waals surface area contributed by atoms with Gasteiger partial charge >= 0.3 is 0 Å². The molecule has 3 rings (SSSR count). The largest absolute Gasteiger partial charge is 0.326 e. The second kappa shape index (κ2) is 7.50. The molecular formula is C21H23ClN2O2. The fourth-order valence-electron chi connectivity index (χ4n) is 3.08. The number of nitrogens with one attached hydrogen (secondary N) is 2. The molecule has 2 amide bonds. The predicted molar refractivity (Wildman–Crippen MR) is 106 cm³/mol. The van der Waals surface area contributed by atoms with Crippen molar-refractivity contribution >= 4 is 34.8 Å². The van der Waals surface area contributed by atoms with Crippen LogP contribution in [0.15, 0.2) is 42.5 Å². The van der Waals surface area contributed by atoms with Gasteiger partial charge < -0.3 is 10.6 Å². The van der Waals surface area contributed by atoms with E-state index in [9.17, 15) is 9.59 Å². The second-order valence-electron chi connectivity index (χ2n) is 7.08. The van der Waals surface area contributed by atoms with Crippen LogP contribution in [0.2, 0.25) is 5.02 Å². The van der Waals surface area contributed by atoms with Crippen LogP contribution in [0, 0.1) is 18.8 Å². The zero-order chi connectivity index (χ0) is 18.8. The summed E-state index contributed by atoms with van der Waals surface area (Å²) in [4.78, 5) is 25.0. The number of carbonyl (C=O) groups is 2. The minimum atomic E-state index is -0.292. The Morgan fingerprint density at radius 1 is 0.962 bits per heavy atom. The number of carbonyl (C=O) groups excluding carboxylic acids is 2. The lowest BCUT2D eigenvalue weighted by molar-refractivity contribution is -0.122. The quantitative estimate of drug-likeness (QED) is 0.779. The maximum atomic E-state index is 12.5. The minimum absolute atomic E-state index is 0.0962. The third-order valence-electron chi connectivity index (χ3n) is 4.83. The minimum Gasteiger partial charge on any atom is -0.326 e. The molecule has 2 unspecified atom stereocenters. The summed E-state index contributed by atoms with van der Waals surface area (Å²) in [5, 5.41) is 6.48. The molecule has 0 heterocycles. The Balaban J connectivity index is 1.62. The summed E-state index contributed by atoms with van der Waals surface area (Å²) in [5.74, 6) is -0.487. The first-order valence-corrected chi connectivity index (χ1v) is 9.22. The second-order valence-corrected chi connectivity index (χ2v) is 7.49. The van der Waals surface area contributed by atoms with Gasteiger partial charge in [-0.15, -0.1) is 0 Å². The SMILES string of the molecule is Cc1c(Cl)cccc1NC(=O)C1CC1C(=O)Nc1ccccc1C(C)C. The van der Waals surface area contributed by atoms with Crippen LogP contribution < -0.4 is 10.6 Å². The van der Waals surface area contributed by atoms with Gasteiger partial charge in [-0.2, -0.15) is 0 Å². The van der Waals surface area contributed by atoms with Gasteiger partial charge in [-0.3, -0.25) is 9.59 Å². The summed E-state index contributed by atoms with van der Waals surface area (Å²) in [5.41, 5.74) is 3.44. The molecule has 1 aliphatic rings. The maximum Gasteiger partial charge on any atom is 0.228 e. The van der Waals surface area contributed by atoms with Crippen molar-refractivity contribution in [2.24, 2.45) is 11.8 Å². The first kappa shape index (κ1) is 18.5. The number of benzene rings is 2. The van der Waals surface area contributed by atoms with Gasteiger partial charge in [0, 0.05) is 16.4 Å². The Bertz CT molecular complexity index is 848. The van der Waals surface area contributed by atoms with Crippen LogP contribution in [0.25, 0.3) is 0 Å². The Morgan fingerprint density at radius 2 is 1.54 bits per heavy atom. The van der Waals surface area contributed by atoms with Crippen LogP contribution in [-0.4, -0.2) is 11.8 Å². The van der Waals surface area contributed by atoms with Gasteiger partial charge in [-0.25, -0.2) is 0 Å². The highest BCUT2D eigenvalue weighted by atomic mass is 35.5. The Labute approximate surface area is 158 Å². The number of anilines is 2. The lowest BCUT2D eigenvalue weighted by Gasteiger charge is -2.13. The molecule has 5 heteroatoms. The van der Waals surface area contributed by atoms with Crippen LogP contribution in [0.3, 0.4) is 0 Å². The zero-order valence-corrected chi connectivity index (χ0v) is 15.9. The summed E-state index contributed by atoms with van der Waals surface area (Å²) in [6.07, 6.45) is 0.571. The highest BCUT2D eigenvalue weighted by molar-refractivity contribution is 6.31. The van der Waals surface area contributed by atoms with Gasteiger partial charge in [0.1, 0.15) is 0 Å². The molecule has 1 saturated carbocycles. The summed E-state index contributed by atoms with van der Waals surface area (Å²) < 4.78 is 0. The van der Waals surface area contributed by atoms with E-state index < -0.39 is 0 Å². The van der Waals surface area contributed by atoms with Crippen molar-refractivity contribution in [3.8, 4) is 0 Å². The fourth-order valence-corrected chi connectivity index (χ4v) is 3.26. The molecule has 2 N–H and O–H groups in total. The topological polar surface area (TPSA) is 58.2 Å². The molecule has 1 fully saturated rings. The van der Waals surface area contributed by atoms with Crippen molar-refractivity contribution in [3.63, 3.8) is 0 Å². The number of hydrogen-bond donors (Lipinski definition) is 2.